The first-order valence-corrected chi connectivity index (χ1v) is 6.71. The Hall–Kier alpha value is -1.24. The minimum absolute atomic E-state index is 0.229. The molecule has 18 heavy (non-hydrogen) atoms. The van der Waals surface area contributed by atoms with Crippen LogP contribution in [0, 0.1) is 10.1 Å². The average Bonchev–Trinajstić information content (AvgIpc) is 2.22. The predicted octanol–water partition coefficient (Wildman–Crippen LogP) is -1.16. The van der Waals surface area contributed by atoms with E-state index < -0.39 is 29.1 Å². The summed E-state index contributed by atoms with van der Waals surface area (Å²) in [6.07, 6.45) is 0. The Balaban J connectivity index is 0. The van der Waals surface area contributed by atoms with E-state index in [0.717, 1.165) is 0 Å². The minimum Gasteiger partial charge on any atom is -0.480 e. The molecule has 0 radical (unpaired) electrons. The highest BCUT2D eigenvalue weighted by Crippen LogP contribution is 2.22. The molecular weight excluding hydrogens is 290 g/mol. The van der Waals surface area contributed by atoms with E-state index in [1.807, 2.05) is 0 Å². The summed E-state index contributed by atoms with van der Waals surface area (Å²) < 4.78 is 0. The van der Waals surface area contributed by atoms with E-state index in [2.05, 4.69) is 0 Å². The lowest BCUT2D eigenvalue weighted by Crippen LogP contribution is -2.33. The van der Waals surface area contributed by atoms with E-state index in [1.54, 1.807) is 0 Å². The van der Waals surface area contributed by atoms with Crippen LogP contribution in [0.5, 0.6) is 0 Å². The standard InChI is InChI=1S/C6H12N2O4S2.HNO3/c7-3(5(9)10)1-13-14-2-4(8)6(11)12;2-1(3)4/h3-4H,1-2,7-8H2,(H,9,10)(H,11,12);(H,2,3,4). The van der Waals surface area contributed by atoms with Gasteiger partial charge in [0.1, 0.15) is 12.1 Å². The number of carboxylic acid groups (broad SMARTS) is 2. The lowest BCUT2D eigenvalue weighted by molar-refractivity contribution is -0.742. The number of aliphatic carboxylic acids is 2. The van der Waals surface area contributed by atoms with E-state index in [0.29, 0.717) is 0 Å². The average molecular weight is 303 g/mol. The Morgan fingerprint density at radius 2 is 1.33 bits per heavy atom. The topological polar surface area (TPSA) is 190 Å². The molecule has 0 rings (SSSR count). The molecular formula is C6H13N3O7S2. The first-order valence-electron chi connectivity index (χ1n) is 4.23. The van der Waals surface area contributed by atoms with E-state index in [4.69, 9.17) is 37.0 Å². The summed E-state index contributed by atoms with van der Waals surface area (Å²) >= 11 is 0. The zero-order chi connectivity index (χ0) is 14.7. The molecule has 0 aromatic rings. The third kappa shape index (κ3) is 14.8. The number of hydrogen-bond donors (Lipinski definition) is 5. The largest absolute Gasteiger partial charge is 0.480 e. The molecule has 2 atom stereocenters. The summed E-state index contributed by atoms with van der Waals surface area (Å²) in [4.78, 5) is 28.9. The Kier molecular flexibility index (Phi) is 11.6. The highest BCUT2D eigenvalue weighted by molar-refractivity contribution is 8.76. The maximum Gasteiger partial charge on any atom is 0.321 e. The highest BCUT2D eigenvalue weighted by Gasteiger charge is 2.14. The number of nitrogens with two attached hydrogens (primary N) is 2. The van der Waals surface area contributed by atoms with E-state index in [1.165, 1.54) is 21.6 Å². The molecule has 2 unspecified atom stereocenters. The van der Waals surface area contributed by atoms with Crippen LogP contribution >= 0.6 is 21.6 Å². The Labute approximate surface area is 109 Å². The third-order valence-corrected chi connectivity index (χ3v) is 3.69. The van der Waals surface area contributed by atoms with Gasteiger partial charge in [0, 0.05) is 11.5 Å². The molecule has 0 aromatic heterocycles. The Bertz CT molecular complexity index is 264. The second kappa shape index (κ2) is 10.9. The van der Waals surface area contributed by atoms with Crippen molar-refractivity contribution in [3.05, 3.63) is 10.1 Å². The van der Waals surface area contributed by atoms with Gasteiger partial charge in [0.15, 0.2) is 0 Å². The molecule has 0 fully saturated rings. The third-order valence-electron chi connectivity index (χ3n) is 1.21. The second-order valence-corrected chi connectivity index (χ2v) is 5.25. The normalized spacial score (nSPS) is 12.8. The number of carbonyl (C=O) groups is 2. The van der Waals surface area contributed by atoms with Crippen molar-refractivity contribution in [3.8, 4) is 0 Å². The van der Waals surface area contributed by atoms with Gasteiger partial charge in [-0.25, -0.2) is 0 Å². The van der Waals surface area contributed by atoms with Crippen molar-refractivity contribution in [3.63, 3.8) is 0 Å². The van der Waals surface area contributed by atoms with Gasteiger partial charge >= 0.3 is 11.9 Å². The molecule has 106 valence electrons. The van der Waals surface area contributed by atoms with Crippen molar-refractivity contribution in [2.45, 2.75) is 12.1 Å². The number of carboxylic acids is 2. The lowest BCUT2D eigenvalue weighted by Gasteiger charge is -2.07. The smallest absolute Gasteiger partial charge is 0.321 e. The molecule has 7 N–H and O–H groups in total. The summed E-state index contributed by atoms with van der Waals surface area (Å²) in [7, 11) is 2.41. The highest BCUT2D eigenvalue weighted by atomic mass is 33.1. The molecule has 0 aromatic carbocycles. The van der Waals surface area contributed by atoms with Crippen LogP contribution in [0.3, 0.4) is 0 Å². The zero-order valence-corrected chi connectivity index (χ0v) is 10.6. The first kappa shape index (κ1) is 19.1. The number of nitrogens with zero attached hydrogens (tertiary/aromatic N) is 1. The van der Waals surface area contributed by atoms with Gasteiger partial charge in [-0.1, -0.05) is 21.6 Å². The molecule has 0 aliphatic heterocycles. The van der Waals surface area contributed by atoms with Gasteiger partial charge in [-0.3, -0.25) is 9.59 Å². The molecule has 12 heteroatoms. The van der Waals surface area contributed by atoms with Crippen LogP contribution < -0.4 is 11.5 Å². The van der Waals surface area contributed by atoms with Crippen LogP contribution in [0.1, 0.15) is 0 Å². The number of rotatable bonds is 7. The van der Waals surface area contributed by atoms with E-state index in [9.17, 15) is 9.59 Å². The molecule has 0 saturated carbocycles. The predicted molar refractivity (Wildman–Crippen MR) is 64.9 cm³/mol. The summed E-state index contributed by atoms with van der Waals surface area (Å²) in [6.45, 7) is 0. The quantitative estimate of drug-likeness (QED) is 0.165. The van der Waals surface area contributed by atoms with Crippen molar-refractivity contribution in [1.82, 2.24) is 0 Å². The van der Waals surface area contributed by atoms with E-state index in [-0.39, 0.29) is 11.5 Å². The molecule has 0 bridgehead atoms. The Morgan fingerprint density at radius 3 is 1.50 bits per heavy atom. The van der Waals surface area contributed by atoms with Gasteiger partial charge in [-0.2, -0.15) is 0 Å². The lowest BCUT2D eigenvalue weighted by atomic mass is 10.4. The fourth-order valence-electron chi connectivity index (χ4n) is 0.385. The molecule has 0 heterocycles. The van der Waals surface area contributed by atoms with Crippen molar-refractivity contribution in [1.29, 1.82) is 0 Å². The van der Waals surface area contributed by atoms with Crippen molar-refractivity contribution in [2.24, 2.45) is 11.5 Å². The summed E-state index contributed by atoms with van der Waals surface area (Å²) in [5.74, 6) is -1.68. The van der Waals surface area contributed by atoms with Gasteiger partial charge < -0.3 is 26.9 Å². The van der Waals surface area contributed by atoms with Crippen LogP contribution in [0.2, 0.25) is 0 Å². The maximum absolute atomic E-state index is 10.3. The zero-order valence-electron chi connectivity index (χ0n) is 8.96. The fraction of sp³-hybridized carbons (Fsp3) is 0.667. The maximum atomic E-state index is 10.3. The first-order chi connectivity index (χ1) is 8.18. The van der Waals surface area contributed by atoms with Gasteiger partial charge in [-0.15, -0.1) is 10.1 Å². The number of hydrogen-bond acceptors (Lipinski definition) is 8. The van der Waals surface area contributed by atoms with Gasteiger partial charge in [0.05, 0.1) is 0 Å². The molecule has 0 spiro atoms. The van der Waals surface area contributed by atoms with Crippen LogP contribution in [-0.4, -0.2) is 56.0 Å². The van der Waals surface area contributed by atoms with Crippen molar-refractivity contribution < 1.29 is 30.1 Å². The minimum atomic E-state index is -1.50. The van der Waals surface area contributed by atoms with Crippen LogP contribution in [0.15, 0.2) is 0 Å². The summed E-state index contributed by atoms with van der Waals surface area (Å²) in [5, 5.41) is 30.5. The van der Waals surface area contributed by atoms with Gasteiger partial charge in [0.2, 0.25) is 0 Å². The van der Waals surface area contributed by atoms with Gasteiger partial charge in [-0.05, 0) is 0 Å². The van der Waals surface area contributed by atoms with Crippen molar-refractivity contribution >= 4 is 33.5 Å². The van der Waals surface area contributed by atoms with Crippen LogP contribution in [-0.2, 0) is 9.59 Å². The molecule has 0 saturated heterocycles. The van der Waals surface area contributed by atoms with E-state index >= 15 is 0 Å². The molecule has 0 amide bonds. The van der Waals surface area contributed by atoms with Crippen molar-refractivity contribution in [2.75, 3.05) is 11.5 Å². The Morgan fingerprint density at radius 1 is 1.11 bits per heavy atom. The molecule has 10 nitrogen and oxygen atoms in total. The van der Waals surface area contributed by atoms with Gasteiger partial charge in [0.25, 0.3) is 5.09 Å². The molecule has 0 aliphatic carbocycles. The monoisotopic (exact) mass is 303 g/mol. The summed E-state index contributed by atoms with van der Waals surface area (Å²) in [5.41, 5.74) is 10.4. The summed E-state index contributed by atoms with van der Waals surface area (Å²) in [6, 6.07) is -1.85. The van der Waals surface area contributed by atoms with Crippen LogP contribution in [0.25, 0.3) is 0 Å². The molecule has 0 aliphatic rings. The SMILES string of the molecule is NC(CSSCC(N)C(=O)O)C(=O)O.O=[N+]([O-])O. The fourth-order valence-corrected chi connectivity index (χ4v) is 2.61. The van der Waals surface area contributed by atoms with Crippen LogP contribution in [0.4, 0.5) is 0 Å². The second-order valence-electron chi connectivity index (χ2n) is 2.70.